The summed E-state index contributed by atoms with van der Waals surface area (Å²) < 4.78 is 1.93. The number of amides is 1. The molecule has 2 heterocycles. The van der Waals surface area contributed by atoms with Gasteiger partial charge in [0.1, 0.15) is 5.69 Å². The molecule has 2 N–H and O–H groups in total. The molecule has 0 fully saturated rings. The molecule has 5 heteroatoms. The molecule has 0 bridgehead atoms. The van der Waals surface area contributed by atoms with Gasteiger partial charge < -0.3 is 14.9 Å². The van der Waals surface area contributed by atoms with Gasteiger partial charge in [-0.2, -0.15) is 0 Å². The average Bonchev–Trinajstić information content (AvgIpc) is 3.15. The lowest BCUT2D eigenvalue weighted by Gasteiger charge is -2.07. The highest BCUT2D eigenvalue weighted by Gasteiger charge is 2.18. The summed E-state index contributed by atoms with van der Waals surface area (Å²) in [5.41, 5.74) is 4.97. The number of para-hydroxylation sites is 1. The molecule has 2 aromatic carbocycles. The Morgan fingerprint density at radius 1 is 1.19 bits per heavy atom. The Morgan fingerprint density at radius 2 is 2.00 bits per heavy atom. The van der Waals surface area contributed by atoms with Crippen LogP contribution >= 0.6 is 11.6 Å². The van der Waals surface area contributed by atoms with Crippen molar-refractivity contribution >= 4 is 39.3 Å². The van der Waals surface area contributed by atoms with Gasteiger partial charge in [-0.3, -0.25) is 4.79 Å². The Bertz CT molecular complexity index is 1120. The van der Waals surface area contributed by atoms with Crippen molar-refractivity contribution in [3.05, 3.63) is 70.5 Å². The van der Waals surface area contributed by atoms with E-state index in [1.54, 1.807) is 0 Å². The van der Waals surface area contributed by atoms with Gasteiger partial charge in [-0.25, -0.2) is 0 Å². The van der Waals surface area contributed by atoms with Crippen molar-refractivity contribution in [1.82, 2.24) is 14.9 Å². The van der Waals surface area contributed by atoms with Crippen molar-refractivity contribution in [2.45, 2.75) is 13.3 Å². The fourth-order valence-electron chi connectivity index (χ4n) is 3.66. The highest BCUT2D eigenvalue weighted by molar-refractivity contribution is 6.31. The van der Waals surface area contributed by atoms with Crippen molar-refractivity contribution in [3.63, 3.8) is 0 Å². The predicted molar refractivity (Wildman–Crippen MR) is 107 cm³/mol. The molecule has 4 aromatic rings. The van der Waals surface area contributed by atoms with E-state index in [9.17, 15) is 4.79 Å². The van der Waals surface area contributed by atoms with E-state index in [0.717, 1.165) is 28.4 Å². The van der Waals surface area contributed by atoms with Gasteiger partial charge >= 0.3 is 0 Å². The number of rotatable bonds is 4. The molecule has 2 aromatic heterocycles. The van der Waals surface area contributed by atoms with Crippen LogP contribution in [0.5, 0.6) is 0 Å². The third kappa shape index (κ3) is 2.76. The predicted octanol–water partition coefficient (Wildman–Crippen LogP) is 4.59. The molecule has 4 nitrogen and oxygen atoms in total. The summed E-state index contributed by atoms with van der Waals surface area (Å²) in [4.78, 5) is 16.0. The zero-order chi connectivity index (χ0) is 18.3. The highest BCUT2D eigenvalue weighted by atomic mass is 35.5. The van der Waals surface area contributed by atoms with Crippen molar-refractivity contribution in [1.29, 1.82) is 0 Å². The number of hydrogen-bond donors (Lipinski definition) is 2. The van der Waals surface area contributed by atoms with Crippen LogP contribution in [0.2, 0.25) is 5.02 Å². The quantitative estimate of drug-likeness (QED) is 0.545. The maximum Gasteiger partial charge on any atom is 0.268 e. The number of carbonyl (C=O) groups excluding carboxylic acids is 1. The molecule has 132 valence electrons. The number of H-pyrrole nitrogens is 1. The molecule has 0 radical (unpaired) electrons. The van der Waals surface area contributed by atoms with E-state index in [2.05, 4.69) is 22.4 Å². The second-order valence-corrected chi connectivity index (χ2v) is 7.00. The first-order valence-corrected chi connectivity index (χ1v) is 9.02. The number of nitrogens with one attached hydrogen (secondary N) is 2. The van der Waals surface area contributed by atoms with Gasteiger partial charge in [-0.15, -0.1) is 0 Å². The maximum absolute atomic E-state index is 12.8. The summed E-state index contributed by atoms with van der Waals surface area (Å²) in [5.74, 6) is -0.0582. The largest absolute Gasteiger partial charge is 0.361 e. The van der Waals surface area contributed by atoms with Gasteiger partial charge in [0, 0.05) is 46.6 Å². The monoisotopic (exact) mass is 365 g/mol. The van der Waals surface area contributed by atoms with Crippen molar-refractivity contribution in [2.24, 2.45) is 7.05 Å². The van der Waals surface area contributed by atoms with Crippen LogP contribution in [0.15, 0.2) is 48.7 Å². The van der Waals surface area contributed by atoms with Gasteiger partial charge in [0.25, 0.3) is 5.91 Å². The summed E-state index contributed by atoms with van der Waals surface area (Å²) in [6.07, 6.45) is 2.80. The molecular formula is C21H20ClN3O. The number of carbonyl (C=O) groups is 1. The van der Waals surface area contributed by atoms with Crippen LogP contribution in [0.3, 0.4) is 0 Å². The number of fused-ring (bicyclic) bond motifs is 2. The third-order valence-electron chi connectivity index (χ3n) is 4.98. The molecule has 0 aliphatic rings. The zero-order valence-corrected chi connectivity index (χ0v) is 15.5. The molecule has 0 spiro atoms. The van der Waals surface area contributed by atoms with Crippen LogP contribution in [-0.2, 0) is 13.5 Å². The van der Waals surface area contributed by atoms with Crippen LogP contribution in [0.1, 0.15) is 21.6 Å². The summed E-state index contributed by atoms with van der Waals surface area (Å²) in [5, 5.41) is 5.95. The fraction of sp³-hybridized carbons (Fsp3) is 0.190. The van der Waals surface area contributed by atoms with Gasteiger partial charge in [0.05, 0.1) is 0 Å². The van der Waals surface area contributed by atoms with Crippen molar-refractivity contribution in [2.75, 3.05) is 6.54 Å². The molecular weight excluding hydrogens is 346 g/mol. The zero-order valence-electron chi connectivity index (χ0n) is 14.8. The minimum absolute atomic E-state index is 0.0582. The van der Waals surface area contributed by atoms with E-state index in [4.69, 9.17) is 11.6 Å². The second kappa shape index (κ2) is 6.54. The van der Waals surface area contributed by atoms with Crippen LogP contribution in [0.4, 0.5) is 0 Å². The van der Waals surface area contributed by atoms with Crippen molar-refractivity contribution in [3.8, 4) is 0 Å². The minimum atomic E-state index is -0.0582. The molecule has 1 amide bonds. The lowest BCUT2D eigenvalue weighted by Crippen LogP contribution is -2.28. The number of aromatic nitrogens is 2. The van der Waals surface area contributed by atoms with Gasteiger partial charge in [-0.1, -0.05) is 29.8 Å². The molecule has 0 unspecified atom stereocenters. The van der Waals surface area contributed by atoms with Gasteiger partial charge in [0.2, 0.25) is 0 Å². The number of hydrogen-bond acceptors (Lipinski definition) is 1. The third-order valence-corrected chi connectivity index (χ3v) is 5.22. The normalized spacial score (nSPS) is 11.3. The first-order valence-electron chi connectivity index (χ1n) is 8.64. The Hall–Kier alpha value is -2.72. The summed E-state index contributed by atoms with van der Waals surface area (Å²) in [6.45, 7) is 2.55. The van der Waals surface area contributed by atoms with E-state index in [1.165, 1.54) is 10.9 Å². The van der Waals surface area contributed by atoms with E-state index < -0.39 is 0 Å². The van der Waals surface area contributed by atoms with Crippen LogP contribution in [-0.4, -0.2) is 22.0 Å². The summed E-state index contributed by atoms with van der Waals surface area (Å²) in [7, 11) is 1.91. The lowest BCUT2D eigenvalue weighted by molar-refractivity contribution is 0.0946. The van der Waals surface area contributed by atoms with Gasteiger partial charge in [0.15, 0.2) is 0 Å². The van der Waals surface area contributed by atoms with Crippen molar-refractivity contribution < 1.29 is 4.79 Å². The summed E-state index contributed by atoms with van der Waals surface area (Å²) >= 11 is 6.11. The number of aryl methyl sites for hydroxylation is 2. The van der Waals surface area contributed by atoms with Crippen LogP contribution < -0.4 is 5.32 Å². The smallest absolute Gasteiger partial charge is 0.268 e. The van der Waals surface area contributed by atoms with Gasteiger partial charge in [-0.05, 0) is 48.7 Å². The molecule has 0 atom stereocenters. The maximum atomic E-state index is 12.8. The topological polar surface area (TPSA) is 49.8 Å². The number of nitrogens with zero attached hydrogens (tertiary/aromatic N) is 1. The van der Waals surface area contributed by atoms with Crippen LogP contribution in [0.25, 0.3) is 21.8 Å². The Balaban J connectivity index is 1.53. The minimum Gasteiger partial charge on any atom is -0.361 e. The molecule has 0 aliphatic carbocycles. The second-order valence-electron chi connectivity index (χ2n) is 6.56. The van der Waals surface area contributed by atoms with E-state index >= 15 is 0 Å². The van der Waals surface area contributed by atoms with E-state index in [-0.39, 0.29) is 5.91 Å². The first kappa shape index (κ1) is 16.7. The van der Waals surface area contributed by atoms with E-state index in [1.807, 2.05) is 55.1 Å². The number of benzene rings is 2. The molecule has 0 aliphatic heterocycles. The highest BCUT2D eigenvalue weighted by Crippen LogP contribution is 2.27. The summed E-state index contributed by atoms with van der Waals surface area (Å²) in [6, 6.07) is 13.9. The molecule has 4 rings (SSSR count). The lowest BCUT2D eigenvalue weighted by atomic mass is 10.1. The molecule has 0 saturated carbocycles. The molecule has 26 heavy (non-hydrogen) atoms. The van der Waals surface area contributed by atoms with Crippen LogP contribution in [0, 0.1) is 6.92 Å². The molecule has 0 saturated heterocycles. The van der Waals surface area contributed by atoms with E-state index in [0.29, 0.717) is 17.3 Å². The number of aromatic amines is 1. The fourth-order valence-corrected chi connectivity index (χ4v) is 3.83. The Labute approximate surface area is 156 Å². The SMILES string of the molecule is Cc1c(C(=O)NCCc2c[nH]c3ccccc23)n(C)c2ccc(Cl)cc12. The first-order chi connectivity index (χ1) is 12.6. The standard InChI is InChI=1S/C21H20ClN3O/c1-13-17-11-15(22)7-8-19(17)25(2)20(13)21(26)23-10-9-14-12-24-18-6-4-3-5-16(14)18/h3-8,11-12,24H,9-10H2,1-2H3,(H,23,26). The average molecular weight is 366 g/mol. The Kier molecular flexibility index (Phi) is 4.21. The number of halogens is 1. The Morgan fingerprint density at radius 3 is 2.85 bits per heavy atom.